The summed E-state index contributed by atoms with van der Waals surface area (Å²) in [6, 6.07) is 13.4. The molecule has 0 atom stereocenters. The lowest BCUT2D eigenvalue weighted by molar-refractivity contribution is 0.620. The third-order valence-electron chi connectivity index (χ3n) is 5.28. The highest BCUT2D eigenvalue weighted by molar-refractivity contribution is 6.36. The molecule has 0 radical (unpaired) electrons. The SMILES string of the molecule is Cn1c(=O)c2c3oc(-c4ccc(Cl)cc4Cl)nc3c(=O)n(-c3ccccc3)c2n(C)c1=O. The number of hydrogen-bond donors (Lipinski definition) is 0. The maximum Gasteiger partial charge on any atom is 0.332 e. The normalized spacial score (nSPS) is 11.5. The highest BCUT2D eigenvalue weighted by atomic mass is 35.5. The summed E-state index contributed by atoms with van der Waals surface area (Å²) in [4.78, 5) is 43.8. The molecular weight excluding hydrogens is 455 g/mol. The molecule has 0 amide bonds. The number of aryl methyl sites for hydroxylation is 1. The number of pyridine rings is 1. The average Bonchev–Trinajstić information content (AvgIpc) is 3.22. The summed E-state index contributed by atoms with van der Waals surface area (Å²) >= 11 is 12.3. The Bertz CT molecular complexity index is 1730. The van der Waals surface area contributed by atoms with Crippen LogP contribution in [0.25, 0.3) is 39.3 Å². The quantitative estimate of drug-likeness (QED) is 0.395. The molecule has 3 heterocycles. The van der Waals surface area contributed by atoms with Crippen LogP contribution in [0.15, 0.2) is 67.3 Å². The summed E-state index contributed by atoms with van der Waals surface area (Å²) in [5, 5.41) is 0.754. The third-order valence-corrected chi connectivity index (χ3v) is 5.83. The van der Waals surface area contributed by atoms with E-state index in [9.17, 15) is 14.4 Å². The Hall–Kier alpha value is -3.62. The Morgan fingerprint density at radius 1 is 0.906 bits per heavy atom. The van der Waals surface area contributed by atoms with Crippen molar-refractivity contribution in [1.82, 2.24) is 18.7 Å². The lowest BCUT2D eigenvalue weighted by Crippen LogP contribution is -2.39. The monoisotopic (exact) mass is 468 g/mol. The zero-order chi connectivity index (χ0) is 22.7. The summed E-state index contributed by atoms with van der Waals surface area (Å²) in [6.07, 6.45) is 0. The number of aromatic nitrogens is 4. The Kier molecular flexibility index (Phi) is 4.58. The van der Waals surface area contributed by atoms with E-state index in [1.807, 2.05) is 0 Å². The van der Waals surface area contributed by atoms with E-state index >= 15 is 0 Å². The van der Waals surface area contributed by atoms with Crippen molar-refractivity contribution in [2.45, 2.75) is 0 Å². The maximum atomic E-state index is 13.5. The van der Waals surface area contributed by atoms with Gasteiger partial charge in [0.2, 0.25) is 5.89 Å². The van der Waals surface area contributed by atoms with Crippen LogP contribution < -0.4 is 16.8 Å². The molecule has 5 rings (SSSR count). The van der Waals surface area contributed by atoms with Gasteiger partial charge in [-0.3, -0.25) is 23.3 Å². The molecule has 0 bridgehead atoms. The summed E-state index contributed by atoms with van der Waals surface area (Å²) in [5.74, 6) is 0.0572. The van der Waals surface area contributed by atoms with Gasteiger partial charge in [-0.25, -0.2) is 9.78 Å². The van der Waals surface area contributed by atoms with Gasteiger partial charge in [0.05, 0.1) is 16.3 Å². The van der Waals surface area contributed by atoms with Crippen molar-refractivity contribution in [3.8, 4) is 17.1 Å². The highest BCUT2D eigenvalue weighted by Crippen LogP contribution is 2.33. The van der Waals surface area contributed by atoms with Gasteiger partial charge in [0, 0.05) is 19.1 Å². The molecule has 0 unspecified atom stereocenters. The topological polar surface area (TPSA) is 92.0 Å². The molecule has 0 saturated carbocycles. The van der Waals surface area contributed by atoms with Crippen molar-refractivity contribution in [3.05, 3.63) is 89.8 Å². The van der Waals surface area contributed by atoms with Gasteiger partial charge in [0.25, 0.3) is 11.1 Å². The first-order valence-corrected chi connectivity index (χ1v) is 10.2. The van der Waals surface area contributed by atoms with Gasteiger partial charge in [-0.2, -0.15) is 0 Å². The standard InChI is InChI=1S/C22H14Cl2N4O4/c1-26-19-15(20(29)27(2)22(26)31)17-16(21(30)28(19)12-6-4-3-5-7-12)25-18(32-17)13-9-8-11(23)10-14(13)24/h3-10H,1-2H3. The molecule has 8 nitrogen and oxygen atoms in total. The maximum absolute atomic E-state index is 13.5. The number of oxazole rings is 1. The second-order valence-corrected chi connectivity index (χ2v) is 8.05. The van der Waals surface area contributed by atoms with Gasteiger partial charge >= 0.3 is 5.69 Å². The van der Waals surface area contributed by atoms with Gasteiger partial charge in [0.1, 0.15) is 11.0 Å². The van der Waals surface area contributed by atoms with Crippen LogP contribution in [0.5, 0.6) is 0 Å². The Labute approximate surface area is 189 Å². The Morgan fingerprint density at radius 3 is 2.31 bits per heavy atom. The van der Waals surface area contributed by atoms with Crippen molar-refractivity contribution in [2.75, 3.05) is 0 Å². The molecule has 32 heavy (non-hydrogen) atoms. The van der Waals surface area contributed by atoms with Crippen LogP contribution in [-0.4, -0.2) is 18.7 Å². The molecule has 0 aliphatic heterocycles. The largest absolute Gasteiger partial charge is 0.435 e. The summed E-state index contributed by atoms with van der Waals surface area (Å²) in [7, 11) is 2.85. The molecule has 0 spiro atoms. The molecule has 5 aromatic rings. The summed E-state index contributed by atoms with van der Waals surface area (Å²) < 4.78 is 9.39. The van der Waals surface area contributed by atoms with Crippen LogP contribution in [0, 0.1) is 0 Å². The van der Waals surface area contributed by atoms with Gasteiger partial charge in [-0.1, -0.05) is 41.4 Å². The van der Waals surface area contributed by atoms with Gasteiger partial charge < -0.3 is 4.42 Å². The lowest BCUT2D eigenvalue weighted by Gasteiger charge is -2.14. The second kappa shape index (κ2) is 7.22. The van der Waals surface area contributed by atoms with Crippen LogP contribution >= 0.6 is 23.2 Å². The van der Waals surface area contributed by atoms with Crippen molar-refractivity contribution in [2.24, 2.45) is 14.1 Å². The van der Waals surface area contributed by atoms with Gasteiger partial charge in [-0.15, -0.1) is 0 Å². The smallest absolute Gasteiger partial charge is 0.332 e. The highest BCUT2D eigenvalue weighted by Gasteiger charge is 2.25. The minimum Gasteiger partial charge on any atom is -0.435 e. The van der Waals surface area contributed by atoms with E-state index in [0.717, 1.165) is 4.57 Å². The van der Waals surface area contributed by atoms with E-state index in [-0.39, 0.29) is 33.0 Å². The fraction of sp³-hybridized carbons (Fsp3) is 0.0909. The number of fused-ring (bicyclic) bond motifs is 3. The van der Waals surface area contributed by atoms with Crippen molar-refractivity contribution in [1.29, 1.82) is 0 Å². The van der Waals surface area contributed by atoms with Crippen LogP contribution in [0.1, 0.15) is 0 Å². The third kappa shape index (κ3) is 2.84. The fourth-order valence-corrected chi connectivity index (χ4v) is 4.21. The van der Waals surface area contributed by atoms with E-state index in [4.69, 9.17) is 27.6 Å². The number of para-hydroxylation sites is 1. The molecule has 0 aliphatic rings. The molecule has 10 heteroatoms. The molecule has 0 N–H and O–H groups in total. The molecule has 0 aliphatic carbocycles. The minimum absolute atomic E-state index is 0.0191. The van der Waals surface area contributed by atoms with Crippen LogP contribution in [0.3, 0.4) is 0 Å². The van der Waals surface area contributed by atoms with E-state index < -0.39 is 16.8 Å². The summed E-state index contributed by atoms with van der Waals surface area (Å²) in [6.45, 7) is 0. The number of halogens is 2. The lowest BCUT2D eigenvalue weighted by atomic mass is 10.2. The van der Waals surface area contributed by atoms with Crippen LogP contribution in [-0.2, 0) is 14.1 Å². The predicted octanol–water partition coefficient (Wildman–Crippen LogP) is 3.50. The first-order valence-electron chi connectivity index (χ1n) is 9.45. The fourth-order valence-electron chi connectivity index (χ4n) is 3.73. The zero-order valence-corrected chi connectivity index (χ0v) is 18.3. The van der Waals surface area contributed by atoms with E-state index in [1.54, 1.807) is 42.5 Å². The molecular formula is C22H14Cl2N4O4. The molecule has 2 aromatic carbocycles. The average molecular weight is 469 g/mol. The second-order valence-electron chi connectivity index (χ2n) is 7.20. The van der Waals surface area contributed by atoms with Crippen molar-refractivity contribution >= 4 is 45.3 Å². The van der Waals surface area contributed by atoms with Crippen molar-refractivity contribution < 1.29 is 4.42 Å². The molecule has 3 aromatic heterocycles. The molecule has 0 saturated heterocycles. The van der Waals surface area contributed by atoms with Crippen LogP contribution in [0.2, 0.25) is 10.0 Å². The predicted molar refractivity (Wildman–Crippen MR) is 123 cm³/mol. The summed E-state index contributed by atoms with van der Waals surface area (Å²) in [5.41, 5.74) is -0.815. The number of rotatable bonds is 2. The first-order chi connectivity index (χ1) is 15.3. The van der Waals surface area contributed by atoms with E-state index in [2.05, 4.69) is 4.98 Å². The van der Waals surface area contributed by atoms with Gasteiger partial charge in [0.15, 0.2) is 11.1 Å². The number of nitrogens with zero attached hydrogens (tertiary/aromatic N) is 4. The number of benzene rings is 2. The van der Waals surface area contributed by atoms with E-state index in [1.165, 1.54) is 29.3 Å². The Balaban J connectivity index is 2.03. The van der Waals surface area contributed by atoms with Gasteiger partial charge in [-0.05, 0) is 30.3 Å². The zero-order valence-electron chi connectivity index (χ0n) is 16.8. The van der Waals surface area contributed by atoms with Crippen LogP contribution in [0.4, 0.5) is 0 Å². The first kappa shape index (κ1) is 20.3. The number of hydrogen-bond acceptors (Lipinski definition) is 5. The molecule has 160 valence electrons. The Morgan fingerprint density at radius 2 is 1.62 bits per heavy atom. The minimum atomic E-state index is -0.609. The molecule has 0 fully saturated rings. The van der Waals surface area contributed by atoms with E-state index in [0.29, 0.717) is 16.3 Å². The van der Waals surface area contributed by atoms with Crippen molar-refractivity contribution in [3.63, 3.8) is 0 Å².